The monoisotopic (exact) mass is 493 g/mol. The van der Waals surface area contributed by atoms with Crippen molar-refractivity contribution in [1.29, 1.82) is 0 Å². The number of halogens is 1. The van der Waals surface area contributed by atoms with Gasteiger partial charge in [0.25, 0.3) is 5.91 Å². The molecule has 0 atom stereocenters. The topological polar surface area (TPSA) is 85.8 Å². The first kappa shape index (κ1) is 22.7. The van der Waals surface area contributed by atoms with Gasteiger partial charge < -0.3 is 14.4 Å². The van der Waals surface area contributed by atoms with E-state index >= 15 is 0 Å². The highest BCUT2D eigenvalue weighted by atomic mass is 35.5. The summed E-state index contributed by atoms with van der Waals surface area (Å²) < 4.78 is 7.44. The second kappa shape index (κ2) is 10.0. The van der Waals surface area contributed by atoms with Gasteiger partial charge in [-0.1, -0.05) is 35.3 Å². The van der Waals surface area contributed by atoms with Gasteiger partial charge in [-0.05, 0) is 50.1 Å². The van der Waals surface area contributed by atoms with E-state index in [2.05, 4.69) is 25.2 Å². The van der Waals surface area contributed by atoms with Crippen LogP contribution in [0.15, 0.2) is 57.9 Å². The lowest BCUT2D eigenvalue weighted by molar-refractivity contribution is 0.102. The molecular formula is C25H24ClN5O2S. The van der Waals surface area contributed by atoms with Crippen LogP contribution in [-0.4, -0.2) is 25.8 Å². The van der Waals surface area contributed by atoms with E-state index in [0.717, 1.165) is 59.4 Å². The van der Waals surface area contributed by atoms with E-state index < -0.39 is 0 Å². The summed E-state index contributed by atoms with van der Waals surface area (Å²) in [6, 6.07) is 14.9. The van der Waals surface area contributed by atoms with Crippen molar-refractivity contribution in [1.82, 2.24) is 19.9 Å². The lowest BCUT2D eigenvalue weighted by atomic mass is 10.1. The Morgan fingerprint density at radius 1 is 1.15 bits per heavy atom. The SMILES string of the molecule is Cc1cc(CSc2ccccc2C(=O)Nc2ccc(Cl)c(-c3nnc4n3CCCCC4)c2)on1. The normalized spacial score (nSPS) is 13.4. The first-order chi connectivity index (χ1) is 16.6. The summed E-state index contributed by atoms with van der Waals surface area (Å²) in [5.41, 5.74) is 2.85. The third kappa shape index (κ3) is 4.88. The smallest absolute Gasteiger partial charge is 0.256 e. The Labute approximate surface area is 206 Å². The molecule has 0 saturated heterocycles. The van der Waals surface area contributed by atoms with Crippen LogP contribution in [0, 0.1) is 6.92 Å². The Morgan fingerprint density at radius 2 is 2.03 bits per heavy atom. The largest absolute Gasteiger partial charge is 0.360 e. The molecule has 0 bridgehead atoms. The van der Waals surface area contributed by atoms with E-state index in [1.54, 1.807) is 12.1 Å². The highest BCUT2D eigenvalue weighted by Crippen LogP contribution is 2.32. The first-order valence-corrected chi connectivity index (χ1v) is 12.6. The van der Waals surface area contributed by atoms with E-state index in [0.29, 0.717) is 22.0 Å². The Bertz CT molecular complexity index is 1330. The van der Waals surface area contributed by atoms with Crippen LogP contribution in [0.1, 0.15) is 46.9 Å². The van der Waals surface area contributed by atoms with Crippen molar-refractivity contribution in [2.75, 3.05) is 5.32 Å². The molecule has 0 fully saturated rings. The molecule has 0 radical (unpaired) electrons. The van der Waals surface area contributed by atoms with Crippen LogP contribution in [0.5, 0.6) is 0 Å². The van der Waals surface area contributed by atoms with Crippen molar-refractivity contribution >= 4 is 35.0 Å². The summed E-state index contributed by atoms with van der Waals surface area (Å²) in [4.78, 5) is 14.1. The average Bonchev–Trinajstić information content (AvgIpc) is 3.37. The predicted octanol–water partition coefficient (Wildman–Crippen LogP) is 6.17. The molecule has 174 valence electrons. The van der Waals surface area contributed by atoms with E-state index in [1.165, 1.54) is 18.2 Å². The molecule has 4 aromatic rings. The van der Waals surface area contributed by atoms with Gasteiger partial charge in [0.2, 0.25) is 0 Å². The molecule has 3 heterocycles. The van der Waals surface area contributed by atoms with Crippen LogP contribution < -0.4 is 5.32 Å². The maximum Gasteiger partial charge on any atom is 0.256 e. The molecular weight excluding hydrogens is 470 g/mol. The minimum atomic E-state index is -0.190. The summed E-state index contributed by atoms with van der Waals surface area (Å²) in [6.45, 7) is 2.76. The molecule has 1 N–H and O–H groups in total. The fraction of sp³-hybridized carbons (Fsp3) is 0.280. The maximum atomic E-state index is 13.2. The van der Waals surface area contributed by atoms with Gasteiger partial charge in [0.15, 0.2) is 5.82 Å². The number of hydrogen-bond donors (Lipinski definition) is 1. The van der Waals surface area contributed by atoms with Gasteiger partial charge in [-0.3, -0.25) is 4.79 Å². The highest BCUT2D eigenvalue weighted by Gasteiger charge is 2.19. The van der Waals surface area contributed by atoms with Gasteiger partial charge in [-0.2, -0.15) is 0 Å². The van der Waals surface area contributed by atoms with Crippen molar-refractivity contribution in [3.8, 4) is 11.4 Å². The second-order valence-corrected chi connectivity index (χ2v) is 9.69. The Hall–Kier alpha value is -3.10. The lowest BCUT2D eigenvalue weighted by Gasteiger charge is -2.12. The van der Waals surface area contributed by atoms with Crippen LogP contribution in [0.25, 0.3) is 11.4 Å². The van der Waals surface area contributed by atoms with Crippen LogP contribution in [0.2, 0.25) is 5.02 Å². The number of nitrogens with one attached hydrogen (secondary N) is 1. The molecule has 9 heteroatoms. The molecule has 7 nitrogen and oxygen atoms in total. The Balaban J connectivity index is 1.37. The van der Waals surface area contributed by atoms with E-state index in [9.17, 15) is 4.79 Å². The molecule has 1 aliphatic heterocycles. The van der Waals surface area contributed by atoms with Crippen molar-refractivity contribution in [2.24, 2.45) is 0 Å². The standard InChI is InChI=1S/C25H24ClN5O2S/c1-16-13-18(33-30-16)15-34-22-8-5-4-7-19(22)25(32)27-17-10-11-21(26)20(14-17)24-29-28-23-9-3-2-6-12-31(23)24/h4-5,7-8,10-11,13-14H,2-3,6,9,12,15H2,1H3,(H,27,32). The van der Waals surface area contributed by atoms with Crippen molar-refractivity contribution < 1.29 is 9.32 Å². The van der Waals surface area contributed by atoms with Crippen LogP contribution >= 0.6 is 23.4 Å². The molecule has 5 rings (SSSR count). The number of anilines is 1. The number of carbonyl (C=O) groups is 1. The van der Waals surface area contributed by atoms with Crippen molar-refractivity contribution in [2.45, 2.75) is 49.8 Å². The molecule has 34 heavy (non-hydrogen) atoms. The fourth-order valence-electron chi connectivity index (χ4n) is 4.07. The number of benzene rings is 2. The fourth-order valence-corrected chi connectivity index (χ4v) is 5.20. The Kier molecular flexibility index (Phi) is 6.69. The molecule has 0 spiro atoms. The summed E-state index contributed by atoms with van der Waals surface area (Å²) in [5.74, 6) is 2.91. The number of fused-ring (bicyclic) bond motifs is 1. The number of aryl methyl sites for hydroxylation is 2. The van der Waals surface area contributed by atoms with Gasteiger partial charge in [-0.15, -0.1) is 22.0 Å². The third-order valence-electron chi connectivity index (χ3n) is 5.75. The molecule has 1 amide bonds. The van der Waals surface area contributed by atoms with E-state index in [-0.39, 0.29) is 5.91 Å². The maximum absolute atomic E-state index is 13.2. The van der Waals surface area contributed by atoms with Gasteiger partial charge in [-0.25, -0.2) is 0 Å². The number of nitrogens with zero attached hydrogens (tertiary/aromatic N) is 4. The van der Waals surface area contributed by atoms with Crippen LogP contribution in [-0.2, 0) is 18.7 Å². The minimum Gasteiger partial charge on any atom is -0.360 e. The van der Waals surface area contributed by atoms with Crippen molar-refractivity contribution in [3.05, 3.63) is 76.4 Å². The van der Waals surface area contributed by atoms with E-state index in [1.807, 2.05) is 43.3 Å². The summed E-state index contributed by atoms with van der Waals surface area (Å²) in [7, 11) is 0. The van der Waals surface area contributed by atoms with Gasteiger partial charge in [0.05, 0.1) is 22.0 Å². The summed E-state index contributed by atoms with van der Waals surface area (Å²) in [6.07, 6.45) is 4.31. The Morgan fingerprint density at radius 3 is 2.88 bits per heavy atom. The van der Waals surface area contributed by atoms with Gasteiger partial charge in [0, 0.05) is 35.2 Å². The molecule has 0 saturated carbocycles. The number of carbonyl (C=O) groups excluding carboxylic acids is 1. The zero-order valence-electron chi connectivity index (χ0n) is 18.8. The summed E-state index contributed by atoms with van der Waals surface area (Å²) in [5, 5.41) is 16.3. The number of hydrogen-bond acceptors (Lipinski definition) is 6. The van der Waals surface area contributed by atoms with Gasteiger partial charge in [0.1, 0.15) is 11.6 Å². The van der Waals surface area contributed by atoms with Crippen LogP contribution in [0.3, 0.4) is 0 Å². The van der Waals surface area contributed by atoms with Crippen molar-refractivity contribution in [3.63, 3.8) is 0 Å². The zero-order chi connectivity index (χ0) is 23.5. The second-order valence-electron chi connectivity index (χ2n) is 8.27. The molecule has 1 aliphatic rings. The summed E-state index contributed by atoms with van der Waals surface area (Å²) >= 11 is 8.08. The predicted molar refractivity (Wildman–Crippen MR) is 133 cm³/mol. The van der Waals surface area contributed by atoms with Crippen LogP contribution in [0.4, 0.5) is 5.69 Å². The number of aromatic nitrogens is 4. The third-order valence-corrected chi connectivity index (χ3v) is 7.18. The minimum absolute atomic E-state index is 0.190. The van der Waals surface area contributed by atoms with Gasteiger partial charge >= 0.3 is 0 Å². The number of thioether (sulfide) groups is 1. The number of amides is 1. The molecule has 2 aromatic carbocycles. The molecule has 2 aromatic heterocycles. The zero-order valence-corrected chi connectivity index (χ0v) is 20.3. The quantitative estimate of drug-likeness (QED) is 0.323. The first-order valence-electron chi connectivity index (χ1n) is 11.3. The average molecular weight is 494 g/mol. The molecule has 0 unspecified atom stereocenters. The van der Waals surface area contributed by atoms with E-state index in [4.69, 9.17) is 16.1 Å². The molecule has 0 aliphatic carbocycles. The lowest BCUT2D eigenvalue weighted by Crippen LogP contribution is -2.13. The number of rotatable bonds is 6. The highest BCUT2D eigenvalue weighted by molar-refractivity contribution is 7.98.